The van der Waals surface area contributed by atoms with Crippen LogP contribution in [0.15, 0.2) is 24.2 Å². The fourth-order valence-electron chi connectivity index (χ4n) is 2.72. The molecular weight excluding hydrogens is 250 g/mol. The molecule has 20 heavy (non-hydrogen) atoms. The van der Waals surface area contributed by atoms with Gasteiger partial charge in [-0.25, -0.2) is 0 Å². The summed E-state index contributed by atoms with van der Waals surface area (Å²) in [5, 5.41) is 11.4. The molecule has 1 saturated carbocycles. The van der Waals surface area contributed by atoms with Gasteiger partial charge in [0.15, 0.2) is 0 Å². The largest absolute Gasteiger partial charge is 0.497 e. The lowest BCUT2D eigenvalue weighted by atomic mass is 9.72. The number of rotatable bonds is 5. The molecule has 0 radical (unpaired) electrons. The summed E-state index contributed by atoms with van der Waals surface area (Å²) in [7, 11) is 0.478. The van der Waals surface area contributed by atoms with Gasteiger partial charge in [-0.2, -0.15) is 0 Å². The predicted molar refractivity (Wildman–Crippen MR) is 82.3 cm³/mol. The Kier molecular flexibility index (Phi) is 2.57. The number of methoxy groups -OCH3 is 1. The molecule has 3 heteroatoms. The topological polar surface area (TPSA) is 32.7 Å². The van der Waals surface area contributed by atoms with Crippen LogP contribution >= 0.6 is 0 Å². The molecule has 0 spiro atoms. The first kappa shape index (κ1) is 7.81. The molecular formula is C17H27NO2. The summed E-state index contributed by atoms with van der Waals surface area (Å²) < 4.78 is 68.5. The minimum absolute atomic E-state index is 0.0143. The molecule has 2 rings (SSSR count). The molecule has 0 aliphatic heterocycles. The van der Waals surface area contributed by atoms with Gasteiger partial charge in [-0.3, -0.25) is 0 Å². The average molecular weight is 285 g/mol. The number of aliphatic hydroxyl groups is 1. The summed E-state index contributed by atoms with van der Waals surface area (Å²) in [6.45, 7) is -0.0143. The first-order valence-electron chi connectivity index (χ1n) is 10.9. The molecule has 3 nitrogen and oxygen atoms in total. The lowest BCUT2D eigenvalue weighted by molar-refractivity contribution is -0.0277. The third-order valence-electron chi connectivity index (χ3n) is 3.72. The maximum Gasteiger partial charge on any atom is 0.118 e. The Hall–Kier alpha value is -1.06. The van der Waals surface area contributed by atoms with Crippen LogP contribution in [-0.2, 0) is 0 Å². The molecule has 1 fully saturated rings. The van der Waals surface area contributed by atoms with Crippen molar-refractivity contribution in [1.82, 2.24) is 4.90 Å². The Labute approximate surface area is 133 Å². The standard InChI is InChI=1S/C17H27NO2/c1-18(2)13-16(17(19)11-5-4-6-12-17)14-7-9-15(20-3)10-8-14/h7-10,16,19H,4-6,11-13H2,1-3H3/i3D3,7D,8D,9D,10D,16D. The Morgan fingerprint density at radius 1 is 1.35 bits per heavy atom. The van der Waals surface area contributed by atoms with Crippen LogP contribution in [0.5, 0.6) is 5.75 Å². The number of hydrogen-bond acceptors (Lipinski definition) is 3. The Balaban J connectivity index is 2.74. The Morgan fingerprint density at radius 3 is 2.55 bits per heavy atom. The molecule has 1 aliphatic rings. The van der Waals surface area contributed by atoms with Crippen LogP contribution in [-0.4, -0.2) is 43.3 Å². The summed E-state index contributed by atoms with van der Waals surface area (Å²) >= 11 is 0. The van der Waals surface area contributed by atoms with E-state index in [2.05, 4.69) is 0 Å². The van der Waals surface area contributed by atoms with Crippen LogP contribution in [0.4, 0.5) is 0 Å². The van der Waals surface area contributed by atoms with E-state index < -0.39 is 48.5 Å². The lowest BCUT2D eigenvalue weighted by Gasteiger charge is -2.40. The number of likely N-dealkylation sites (N-methyl/N-ethyl adjacent to an activating group) is 1. The first-order valence-corrected chi connectivity index (χ1v) is 6.90. The van der Waals surface area contributed by atoms with Crippen LogP contribution in [0, 0.1) is 0 Å². The molecule has 1 atom stereocenters. The zero-order chi connectivity index (χ0) is 21.5. The molecule has 1 aromatic rings. The van der Waals surface area contributed by atoms with Gasteiger partial charge < -0.3 is 14.7 Å². The summed E-state index contributed by atoms with van der Waals surface area (Å²) in [5.74, 6) is -2.50. The van der Waals surface area contributed by atoms with Crippen molar-refractivity contribution >= 4 is 0 Å². The highest BCUT2D eigenvalue weighted by Crippen LogP contribution is 2.40. The highest BCUT2D eigenvalue weighted by Gasteiger charge is 2.38. The van der Waals surface area contributed by atoms with Crippen molar-refractivity contribution in [2.45, 2.75) is 43.6 Å². The van der Waals surface area contributed by atoms with Crippen LogP contribution < -0.4 is 4.74 Å². The van der Waals surface area contributed by atoms with E-state index in [0.717, 1.165) is 6.42 Å². The van der Waals surface area contributed by atoms with Crippen molar-refractivity contribution in [2.24, 2.45) is 0 Å². The van der Waals surface area contributed by atoms with Gasteiger partial charge in [0.25, 0.3) is 0 Å². The molecule has 112 valence electrons. The van der Waals surface area contributed by atoms with Crippen LogP contribution in [0.3, 0.4) is 0 Å². The average Bonchev–Trinajstić information content (AvgIpc) is 2.56. The van der Waals surface area contributed by atoms with Gasteiger partial charge in [0, 0.05) is 13.8 Å². The lowest BCUT2D eigenvalue weighted by Crippen LogP contribution is -2.42. The first-order chi connectivity index (χ1) is 12.7. The number of benzene rings is 1. The van der Waals surface area contributed by atoms with Crippen LogP contribution in [0.2, 0.25) is 0 Å². The van der Waals surface area contributed by atoms with Gasteiger partial charge in [0.05, 0.1) is 22.2 Å². The van der Waals surface area contributed by atoms with E-state index in [-0.39, 0.29) is 12.1 Å². The van der Waals surface area contributed by atoms with Gasteiger partial charge in [-0.05, 0) is 44.6 Å². The fourth-order valence-corrected chi connectivity index (χ4v) is 2.72. The zero-order valence-electron chi connectivity index (χ0n) is 20.0. The Bertz CT molecular complexity index is 702. The molecule has 1 aromatic carbocycles. The summed E-state index contributed by atoms with van der Waals surface area (Å²) in [6.07, 6.45) is 2.95. The number of ether oxygens (including phenoxy) is 1. The molecule has 0 saturated heterocycles. The highest BCUT2D eigenvalue weighted by molar-refractivity contribution is 5.31. The van der Waals surface area contributed by atoms with Crippen molar-refractivity contribution in [1.29, 1.82) is 0 Å². The second kappa shape index (κ2) is 6.59. The maximum absolute atomic E-state index is 11.4. The van der Waals surface area contributed by atoms with Crippen molar-refractivity contribution in [3.8, 4) is 5.75 Å². The van der Waals surface area contributed by atoms with E-state index in [1.165, 1.54) is 0 Å². The molecule has 0 heterocycles. The predicted octanol–water partition coefficient (Wildman–Crippen LogP) is 3.04. The molecule has 1 N–H and O–H groups in total. The molecule has 0 amide bonds. The van der Waals surface area contributed by atoms with Gasteiger partial charge in [-0.1, -0.05) is 31.3 Å². The van der Waals surface area contributed by atoms with E-state index in [1.807, 2.05) is 0 Å². The van der Waals surface area contributed by atoms with Crippen LogP contribution in [0.25, 0.3) is 0 Å². The van der Waals surface area contributed by atoms with E-state index in [9.17, 15) is 5.11 Å². The third-order valence-corrected chi connectivity index (χ3v) is 3.72. The van der Waals surface area contributed by atoms with Gasteiger partial charge in [0.2, 0.25) is 0 Å². The summed E-state index contributed by atoms with van der Waals surface area (Å²) in [6, 6.07) is -2.45. The second-order valence-corrected chi connectivity index (χ2v) is 5.61. The quantitative estimate of drug-likeness (QED) is 0.902. The van der Waals surface area contributed by atoms with Crippen molar-refractivity contribution in [2.75, 3.05) is 27.7 Å². The van der Waals surface area contributed by atoms with Gasteiger partial charge in [-0.15, -0.1) is 0 Å². The number of nitrogens with zero attached hydrogens (tertiary/aromatic N) is 1. The minimum Gasteiger partial charge on any atom is -0.497 e. The zero-order valence-corrected chi connectivity index (χ0v) is 12.0. The minimum atomic E-state index is -2.94. The Morgan fingerprint density at radius 2 is 2.00 bits per heavy atom. The van der Waals surface area contributed by atoms with Crippen molar-refractivity contribution < 1.29 is 20.8 Å². The highest BCUT2D eigenvalue weighted by atomic mass is 16.5. The maximum atomic E-state index is 11.4. The van der Waals surface area contributed by atoms with Crippen molar-refractivity contribution in [3.63, 3.8) is 0 Å². The smallest absolute Gasteiger partial charge is 0.118 e. The SMILES string of the molecule is [2H]c1c([2H])c(C([2H])(CN(C)C)C2(O)CCCCC2)c([2H])c([2H])c1OC([2H])([2H])[2H]. The van der Waals surface area contributed by atoms with E-state index in [1.54, 1.807) is 19.0 Å². The van der Waals surface area contributed by atoms with Gasteiger partial charge in [0.1, 0.15) is 5.75 Å². The normalized spacial score (nSPS) is 27.8. The molecule has 1 unspecified atom stereocenters. The molecule has 0 bridgehead atoms. The molecule has 0 aromatic heterocycles. The fraction of sp³-hybridized carbons (Fsp3) is 0.647. The monoisotopic (exact) mass is 285 g/mol. The van der Waals surface area contributed by atoms with E-state index in [0.29, 0.717) is 25.7 Å². The summed E-state index contributed by atoms with van der Waals surface area (Å²) in [4.78, 5) is 1.67. The summed E-state index contributed by atoms with van der Waals surface area (Å²) in [5.41, 5.74) is -1.76. The van der Waals surface area contributed by atoms with Gasteiger partial charge >= 0.3 is 0 Å². The van der Waals surface area contributed by atoms with Crippen molar-refractivity contribution in [3.05, 3.63) is 29.7 Å². The van der Waals surface area contributed by atoms with E-state index in [4.69, 9.17) is 15.7 Å². The second-order valence-electron chi connectivity index (χ2n) is 5.61. The molecule has 1 aliphatic carbocycles. The third kappa shape index (κ3) is 3.53. The number of hydrogen-bond donors (Lipinski definition) is 1. The van der Waals surface area contributed by atoms with Crippen LogP contribution in [0.1, 0.15) is 54.5 Å². The van der Waals surface area contributed by atoms with E-state index >= 15 is 0 Å².